The highest BCUT2D eigenvalue weighted by Gasteiger charge is 2.07. The first kappa shape index (κ1) is 9.13. The molecule has 0 bridgehead atoms. The van der Waals surface area contributed by atoms with Crippen molar-refractivity contribution >= 4 is 22.9 Å². The van der Waals surface area contributed by atoms with E-state index >= 15 is 0 Å². The van der Waals surface area contributed by atoms with Crippen LogP contribution in [0.2, 0.25) is 5.28 Å². The Bertz CT molecular complexity index is 501. The second-order valence-electron chi connectivity index (χ2n) is 2.49. The van der Waals surface area contributed by atoms with Crippen LogP contribution in [-0.4, -0.2) is 9.97 Å². The van der Waals surface area contributed by atoms with Crippen LogP contribution in [0.3, 0.4) is 0 Å². The van der Waals surface area contributed by atoms with Crippen LogP contribution < -0.4 is 0 Å². The average Bonchev–Trinajstić information content (AvgIpc) is 2.65. The highest BCUT2D eigenvalue weighted by molar-refractivity contribution is 7.11. The predicted molar refractivity (Wildman–Crippen MR) is 55.1 cm³/mol. The lowest BCUT2D eigenvalue weighted by molar-refractivity contribution is 1.17. The molecule has 0 amide bonds. The molecule has 0 aliphatic heterocycles. The molecular formula is C9H4ClN3S. The van der Waals surface area contributed by atoms with Gasteiger partial charge in [0.15, 0.2) is 0 Å². The lowest BCUT2D eigenvalue weighted by Crippen LogP contribution is -1.86. The Morgan fingerprint density at radius 2 is 2.29 bits per heavy atom. The van der Waals surface area contributed by atoms with Crippen LogP contribution in [0.5, 0.6) is 0 Å². The van der Waals surface area contributed by atoms with E-state index in [9.17, 15) is 0 Å². The second-order valence-corrected chi connectivity index (χ2v) is 3.74. The molecule has 0 aliphatic carbocycles. The molecule has 0 aromatic carbocycles. The topological polar surface area (TPSA) is 49.6 Å². The Balaban J connectivity index is 2.56. The first-order valence-electron chi connectivity index (χ1n) is 3.78. The van der Waals surface area contributed by atoms with Crippen LogP contribution in [0.4, 0.5) is 0 Å². The fourth-order valence-electron chi connectivity index (χ4n) is 1.08. The van der Waals surface area contributed by atoms with Crippen molar-refractivity contribution in [2.45, 2.75) is 0 Å². The van der Waals surface area contributed by atoms with Crippen LogP contribution in [0, 0.1) is 11.3 Å². The van der Waals surface area contributed by atoms with Crippen molar-refractivity contribution in [2.24, 2.45) is 0 Å². The van der Waals surface area contributed by atoms with Gasteiger partial charge >= 0.3 is 0 Å². The van der Waals surface area contributed by atoms with Gasteiger partial charge in [-0.3, -0.25) is 0 Å². The summed E-state index contributed by atoms with van der Waals surface area (Å²) in [6.45, 7) is 0. The van der Waals surface area contributed by atoms with Crippen LogP contribution in [0.1, 0.15) is 4.88 Å². The van der Waals surface area contributed by atoms with Crippen LogP contribution in [0.15, 0.2) is 23.7 Å². The van der Waals surface area contributed by atoms with E-state index in [2.05, 4.69) is 16.0 Å². The number of nitrogens with zero attached hydrogens (tertiary/aromatic N) is 3. The van der Waals surface area contributed by atoms with E-state index in [1.54, 1.807) is 12.3 Å². The molecule has 14 heavy (non-hydrogen) atoms. The first-order chi connectivity index (χ1) is 6.81. The van der Waals surface area contributed by atoms with E-state index in [1.807, 2.05) is 11.4 Å². The summed E-state index contributed by atoms with van der Waals surface area (Å²) in [4.78, 5) is 8.45. The minimum Gasteiger partial charge on any atom is -0.226 e. The molecular weight excluding hydrogens is 218 g/mol. The van der Waals surface area contributed by atoms with Crippen molar-refractivity contribution in [1.29, 1.82) is 5.26 Å². The van der Waals surface area contributed by atoms with Crippen molar-refractivity contribution < 1.29 is 0 Å². The van der Waals surface area contributed by atoms with Gasteiger partial charge in [0.05, 0.1) is 5.69 Å². The van der Waals surface area contributed by atoms with Crippen molar-refractivity contribution in [2.75, 3.05) is 0 Å². The van der Waals surface area contributed by atoms with E-state index in [0.717, 1.165) is 5.56 Å². The summed E-state index contributed by atoms with van der Waals surface area (Å²) in [6, 6.07) is 5.69. The second kappa shape index (κ2) is 3.74. The first-order valence-corrected chi connectivity index (χ1v) is 5.03. The van der Waals surface area contributed by atoms with Gasteiger partial charge in [-0.1, -0.05) is 0 Å². The van der Waals surface area contributed by atoms with Crippen molar-refractivity contribution in [1.82, 2.24) is 9.97 Å². The Morgan fingerprint density at radius 3 is 3.00 bits per heavy atom. The van der Waals surface area contributed by atoms with Gasteiger partial charge < -0.3 is 0 Å². The Labute approximate surface area is 89.6 Å². The third-order valence-corrected chi connectivity index (χ3v) is 2.67. The Morgan fingerprint density at radius 1 is 1.43 bits per heavy atom. The molecule has 2 rings (SSSR count). The monoisotopic (exact) mass is 221 g/mol. The molecule has 2 heterocycles. The smallest absolute Gasteiger partial charge is 0.222 e. The summed E-state index contributed by atoms with van der Waals surface area (Å²) < 4.78 is 0. The standard InChI is InChI=1S/C9H4ClN3S/c10-9-12-3-1-7(13-9)6-2-4-14-8(6)5-11/h1-4H. The summed E-state index contributed by atoms with van der Waals surface area (Å²) in [7, 11) is 0. The fraction of sp³-hybridized carbons (Fsp3) is 0. The van der Waals surface area contributed by atoms with Gasteiger partial charge in [0.1, 0.15) is 10.9 Å². The van der Waals surface area contributed by atoms with E-state index in [4.69, 9.17) is 16.9 Å². The molecule has 2 aromatic heterocycles. The quantitative estimate of drug-likeness (QED) is 0.696. The zero-order chi connectivity index (χ0) is 9.97. The number of hydrogen-bond donors (Lipinski definition) is 0. The van der Waals surface area contributed by atoms with Gasteiger partial charge in [-0.05, 0) is 29.1 Å². The van der Waals surface area contributed by atoms with E-state index in [1.165, 1.54) is 11.3 Å². The van der Waals surface area contributed by atoms with Crippen molar-refractivity contribution in [3.8, 4) is 17.3 Å². The molecule has 68 valence electrons. The summed E-state index contributed by atoms with van der Waals surface area (Å²) in [5.41, 5.74) is 1.49. The van der Waals surface area contributed by atoms with Gasteiger partial charge in [0.25, 0.3) is 0 Å². The molecule has 0 unspecified atom stereocenters. The molecule has 0 N–H and O–H groups in total. The number of hydrogen-bond acceptors (Lipinski definition) is 4. The summed E-state index contributed by atoms with van der Waals surface area (Å²) in [5.74, 6) is 0. The predicted octanol–water partition coefficient (Wildman–Crippen LogP) is 2.73. The molecule has 0 spiro atoms. The minimum absolute atomic E-state index is 0.192. The molecule has 0 radical (unpaired) electrons. The lowest BCUT2D eigenvalue weighted by Gasteiger charge is -1.96. The molecule has 0 atom stereocenters. The maximum absolute atomic E-state index is 8.82. The highest BCUT2D eigenvalue weighted by Crippen LogP contribution is 2.26. The van der Waals surface area contributed by atoms with Crippen LogP contribution in [-0.2, 0) is 0 Å². The maximum atomic E-state index is 8.82. The molecule has 0 aliphatic rings. The van der Waals surface area contributed by atoms with Crippen molar-refractivity contribution in [3.05, 3.63) is 33.9 Å². The number of halogens is 1. The Kier molecular flexibility index (Phi) is 2.44. The maximum Gasteiger partial charge on any atom is 0.222 e. The summed E-state index contributed by atoms with van der Waals surface area (Å²) in [6.07, 6.45) is 1.57. The van der Waals surface area contributed by atoms with Gasteiger partial charge in [-0.2, -0.15) is 5.26 Å². The lowest BCUT2D eigenvalue weighted by atomic mass is 10.2. The number of thiophene rings is 1. The van der Waals surface area contributed by atoms with Crippen molar-refractivity contribution in [3.63, 3.8) is 0 Å². The third kappa shape index (κ3) is 1.60. The third-order valence-electron chi connectivity index (χ3n) is 1.67. The molecule has 0 saturated heterocycles. The van der Waals surface area contributed by atoms with Gasteiger partial charge in [-0.15, -0.1) is 11.3 Å². The van der Waals surface area contributed by atoms with E-state index in [-0.39, 0.29) is 5.28 Å². The number of nitriles is 1. The molecule has 5 heteroatoms. The minimum atomic E-state index is 0.192. The van der Waals surface area contributed by atoms with Gasteiger partial charge in [-0.25, -0.2) is 9.97 Å². The molecule has 0 fully saturated rings. The molecule has 2 aromatic rings. The van der Waals surface area contributed by atoms with Crippen LogP contribution in [0.25, 0.3) is 11.3 Å². The Hall–Kier alpha value is -1.44. The number of aromatic nitrogens is 2. The average molecular weight is 222 g/mol. The summed E-state index contributed by atoms with van der Waals surface area (Å²) in [5, 5.41) is 10.9. The van der Waals surface area contributed by atoms with Gasteiger partial charge in [0.2, 0.25) is 5.28 Å². The largest absolute Gasteiger partial charge is 0.226 e. The fourth-order valence-corrected chi connectivity index (χ4v) is 1.92. The van der Waals surface area contributed by atoms with Crippen LogP contribution >= 0.6 is 22.9 Å². The molecule has 0 saturated carbocycles. The number of rotatable bonds is 1. The van der Waals surface area contributed by atoms with E-state index in [0.29, 0.717) is 10.6 Å². The molecule has 3 nitrogen and oxygen atoms in total. The highest BCUT2D eigenvalue weighted by atomic mass is 35.5. The summed E-state index contributed by atoms with van der Waals surface area (Å²) >= 11 is 7.04. The van der Waals surface area contributed by atoms with E-state index < -0.39 is 0 Å². The normalized spacial score (nSPS) is 9.71. The van der Waals surface area contributed by atoms with Gasteiger partial charge in [0, 0.05) is 11.8 Å². The zero-order valence-corrected chi connectivity index (χ0v) is 8.51. The SMILES string of the molecule is N#Cc1sccc1-c1ccnc(Cl)n1. The zero-order valence-electron chi connectivity index (χ0n) is 6.94.